The lowest BCUT2D eigenvalue weighted by molar-refractivity contribution is 0.598. The molecule has 2 aromatic carbocycles. The molecule has 104 valence electrons. The van der Waals surface area contributed by atoms with Gasteiger partial charge in [0, 0.05) is 17.3 Å². The van der Waals surface area contributed by atoms with Crippen LogP contribution in [-0.4, -0.2) is 4.99 Å². The van der Waals surface area contributed by atoms with Crippen molar-refractivity contribution in [2.24, 2.45) is 5.73 Å². The Morgan fingerprint density at radius 3 is 2.40 bits per heavy atom. The fourth-order valence-electron chi connectivity index (χ4n) is 1.59. The highest BCUT2D eigenvalue weighted by atomic mass is 79.9. The van der Waals surface area contributed by atoms with E-state index in [1.54, 1.807) is 0 Å². The zero-order valence-electron chi connectivity index (χ0n) is 9.88. The van der Waals surface area contributed by atoms with Crippen LogP contribution in [0.4, 0.5) is 24.5 Å². The van der Waals surface area contributed by atoms with E-state index in [2.05, 4.69) is 21.2 Å². The molecule has 0 aromatic heterocycles. The van der Waals surface area contributed by atoms with Gasteiger partial charge in [0.1, 0.15) is 22.4 Å². The summed E-state index contributed by atoms with van der Waals surface area (Å²) in [5.41, 5.74) is 5.88. The summed E-state index contributed by atoms with van der Waals surface area (Å²) in [6.07, 6.45) is 0. The van der Waals surface area contributed by atoms with E-state index in [9.17, 15) is 13.2 Å². The predicted molar refractivity (Wildman–Crippen MR) is 79.6 cm³/mol. The second kappa shape index (κ2) is 5.80. The maximum Gasteiger partial charge on any atom is 0.147 e. The molecule has 20 heavy (non-hydrogen) atoms. The van der Waals surface area contributed by atoms with Crippen LogP contribution in [0.5, 0.6) is 0 Å². The Morgan fingerprint density at radius 2 is 1.75 bits per heavy atom. The lowest BCUT2D eigenvalue weighted by atomic mass is 10.1. The Hall–Kier alpha value is -1.60. The Labute approximate surface area is 126 Å². The number of benzene rings is 2. The Bertz CT molecular complexity index is 692. The quantitative estimate of drug-likeness (QED) is 0.634. The van der Waals surface area contributed by atoms with E-state index in [0.717, 1.165) is 24.3 Å². The monoisotopic (exact) mass is 360 g/mol. The second-order valence-electron chi connectivity index (χ2n) is 3.93. The third kappa shape index (κ3) is 3.10. The summed E-state index contributed by atoms with van der Waals surface area (Å²) >= 11 is 7.68. The maximum atomic E-state index is 13.7. The molecule has 0 amide bonds. The predicted octanol–water partition coefficient (Wildman–Crippen LogP) is 4.24. The summed E-state index contributed by atoms with van der Waals surface area (Å²) in [7, 11) is 0. The van der Waals surface area contributed by atoms with Crippen LogP contribution in [0, 0.1) is 17.5 Å². The third-order valence-corrected chi connectivity index (χ3v) is 3.35. The van der Waals surface area contributed by atoms with E-state index in [0.29, 0.717) is 5.69 Å². The van der Waals surface area contributed by atoms with Gasteiger partial charge in [-0.25, -0.2) is 13.2 Å². The molecule has 0 bridgehead atoms. The van der Waals surface area contributed by atoms with Crippen LogP contribution < -0.4 is 11.1 Å². The van der Waals surface area contributed by atoms with Crippen molar-refractivity contribution in [2.75, 3.05) is 5.32 Å². The normalized spacial score (nSPS) is 10.4. The second-order valence-corrected chi connectivity index (χ2v) is 5.22. The smallest absolute Gasteiger partial charge is 0.147 e. The van der Waals surface area contributed by atoms with Crippen LogP contribution in [0.1, 0.15) is 5.56 Å². The molecule has 2 rings (SSSR count). The topological polar surface area (TPSA) is 38.0 Å². The number of rotatable bonds is 3. The molecule has 0 aliphatic heterocycles. The lowest BCUT2D eigenvalue weighted by Gasteiger charge is -2.12. The molecule has 2 aromatic rings. The van der Waals surface area contributed by atoms with E-state index >= 15 is 0 Å². The molecule has 0 heterocycles. The number of halogens is 4. The van der Waals surface area contributed by atoms with E-state index in [-0.39, 0.29) is 20.7 Å². The van der Waals surface area contributed by atoms with Crippen LogP contribution in [-0.2, 0) is 0 Å². The zero-order chi connectivity index (χ0) is 14.9. The molecular weight excluding hydrogens is 353 g/mol. The minimum atomic E-state index is -0.670. The highest BCUT2D eigenvalue weighted by Crippen LogP contribution is 2.28. The van der Waals surface area contributed by atoms with Gasteiger partial charge >= 0.3 is 0 Å². The first-order chi connectivity index (χ1) is 9.38. The van der Waals surface area contributed by atoms with Gasteiger partial charge in [0.15, 0.2) is 0 Å². The highest BCUT2D eigenvalue weighted by Gasteiger charge is 2.12. The molecule has 0 saturated carbocycles. The van der Waals surface area contributed by atoms with Crippen molar-refractivity contribution in [3.63, 3.8) is 0 Å². The lowest BCUT2D eigenvalue weighted by Crippen LogP contribution is -2.12. The van der Waals surface area contributed by atoms with Crippen molar-refractivity contribution in [3.8, 4) is 0 Å². The van der Waals surface area contributed by atoms with Gasteiger partial charge in [-0.2, -0.15) is 0 Å². The molecule has 0 aliphatic rings. The summed E-state index contributed by atoms with van der Waals surface area (Å²) in [4.78, 5) is -0.0509. The van der Waals surface area contributed by atoms with Crippen molar-refractivity contribution in [1.29, 1.82) is 0 Å². The van der Waals surface area contributed by atoms with Crippen LogP contribution in [0.2, 0.25) is 0 Å². The molecule has 0 aliphatic carbocycles. The maximum absolute atomic E-state index is 13.7. The van der Waals surface area contributed by atoms with Gasteiger partial charge in [-0.3, -0.25) is 0 Å². The van der Waals surface area contributed by atoms with Crippen molar-refractivity contribution < 1.29 is 13.2 Å². The van der Waals surface area contributed by atoms with Crippen LogP contribution in [0.15, 0.2) is 34.8 Å². The van der Waals surface area contributed by atoms with Gasteiger partial charge in [-0.1, -0.05) is 12.2 Å². The summed E-state index contributed by atoms with van der Waals surface area (Å²) in [6, 6.07) is 5.60. The van der Waals surface area contributed by atoms with Crippen LogP contribution >= 0.6 is 28.1 Å². The average molecular weight is 361 g/mol. The van der Waals surface area contributed by atoms with Crippen molar-refractivity contribution in [1.82, 2.24) is 0 Å². The van der Waals surface area contributed by atoms with Gasteiger partial charge in [-0.05, 0) is 40.2 Å². The highest BCUT2D eigenvalue weighted by molar-refractivity contribution is 9.10. The summed E-state index contributed by atoms with van der Waals surface area (Å²) < 4.78 is 40.3. The number of nitrogens with two attached hydrogens (primary N) is 1. The number of thiocarbonyl (C=S) groups is 1. The Morgan fingerprint density at radius 1 is 1.05 bits per heavy atom. The molecule has 0 spiro atoms. The third-order valence-electron chi connectivity index (χ3n) is 2.53. The Balaban J connectivity index is 2.45. The molecule has 2 nitrogen and oxygen atoms in total. The standard InChI is InChI=1S/C13H8BrF3N2S/c14-8-4-10(17)12(5-9(8)16)19-11-2-1-6(15)3-7(11)13(18)20/h1-5,19H,(H2,18,20). The summed E-state index contributed by atoms with van der Waals surface area (Å²) in [5, 5.41) is 2.65. The average Bonchev–Trinajstić information content (AvgIpc) is 2.37. The minimum Gasteiger partial charge on any atom is -0.389 e. The first-order valence-electron chi connectivity index (χ1n) is 5.39. The largest absolute Gasteiger partial charge is 0.389 e. The first-order valence-corrected chi connectivity index (χ1v) is 6.59. The first kappa shape index (κ1) is 14.8. The van der Waals surface area contributed by atoms with Crippen molar-refractivity contribution >= 4 is 44.5 Å². The van der Waals surface area contributed by atoms with E-state index in [1.807, 2.05) is 0 Å². The summed E-state index contributed by atoms with van der Waals surface area (Å²) in [6.45, 7) is 0. The molecule has 7 heteroatoms. The number of hydrogen-bond donors (Lipinski definition) is 2. The molecular formula is C13H8BrF3N2S. The van der Waals surface area contributed by atoms with E-state index in [4.69, 9.17) is 18.0 Å². The fourth-order valence-corrected chi connectivity index (χ4v) is 2.08. The molecule has 3 N–H and O–H groups in total. The number of hydrogen-bond acceptors (Lipinski definition) is 2. The van der Waals surface area contributed by atoms with Crippen LogP contribution in [0.3, 0.4) is 0 Å². The number of nitrogens with one attached hydrogen (secondary N) is 1. The molecule has 0 saturated heterocycles. The van der Waals surface area contributed by atoms with Crippen molar-refractivity contribution in [3.05, 3.63) is 57.8 Å². The molecule has 0 fully saturated rings. The van der Waals surface area contributed by atoms with Gasteiger partial charge in [0.25, 0.3) is 0 Å². The van der Waals surface area contributed by atoms with Gasteiger partial charge in [0.2, 0.25) is 0 Å². The van der Waals surface area contributed by atoms with E-state index in [1.165, 1.54) is 6.07 Å². The zero-order valence-corrected chi connectivity index (χ0v) is 12.3. The summed E-state index contributed by atoms with van der Waals surface area (Å²) in [5.74, 6) is -1.83. The minimum absolute atomic E-state index is 0.00854. The van der Waals surface area contributed by atoms with Crippen LogP contribution in [0.25, 0.3) is 0 Å². The van der Waals surface area contributed by atoms with Gasteiger partial charge in [-0.15, -0.1) is 0 Å². The van der Waals surface area contributed by atoms with E-state index < -0.39 is 17.5 Å². The van der Waals surface area contributed by atoms with Gasteiger partial charge < -0.3 is 11.1 Å². The van der Waals surface area contributed by atoms with Crippen molar-refractivity contribution in [2.45, 2.75) is 0 Å². The fraction of sp³-hybridized carbons (Fsp3) is 0. The molecule has 0 atom stereocenters. The molecule has 0 radical (unpaired) electrons. The molecule has 0 unspecified atom stereocenters. The SMILES string of the molecule is NC(=S)c1cc(F)ccc1Nc1cc(F)c(Br)cc1F. The number of anilines is 2. The van der Waals surface area contributed by atoms with Gasteiger partial charge in [0.05, 0.1) is 10.2 Å². The Kier molecular flexibility index (Phi) is 4.29.